The Hall–Kier alpha value is -1.07. The van der Waals surface area contributed by atoms with Crippen LogP contribution in [-0.2, 0) is 14.6 Å². The first-order valence-electron chi connectivity index (χ1n) is 7.25. The zero-order valence-electron chi connectivity index (χ0n) is 11.5. The third-order valence-electron chi connectivity index (χ3n) is 4.59. The van der Waals surface area contributed by atoms with Gasteiger partial charge in [0.15, 0.2) is 9.84 Å². The van der Waals surface area contributed by atoms with E-state index in [4.69, 9.17) is 10.5 Å². The maximum Gasteiger partial charge on any atom is 0.181 e. The molecule has 0 amide bonds. The molecule has 20 heavy (non-hydrogen) atoms. The van der Waals surface area contributed by atoms with E-state index >= 15 is 0 Å². The topological polar surface area (TPSA) is 69.4 Å². The van der Waals surface area contributed by atoms with Crippen LogP contribution in [-0.4, -0.2) is 25.9 Å². The van der Waals surface area contributed by atoms with Gasteiger partial charge >= 0.3 is 0 Å². The molecule has 1 aromatic carbocycles. The third-order valence-corrected chi connectivity index (χ3v) is 6.78. The fraction of sp³-hybridized carbons (Fsp3) is 0.600. The van der Waals surface area contributed by atoms with E-state index in [-0.39, 0.29) is 10.9 Å². The summed E-state index contributed by atoms with van der Waals surface area (Å²) in [7, 11) is -3.31. The van der Waals surface area contributed by atoms with Crippen molar-refractivity contribution in [2.45, 2.75) is 54.3 Å². The van der Waals surface area contributed by atoms with E-state index in [1.54, 1.807) is 24.3 Å². The lowest BCUT2D eigenvalue weighted by Crippen LogP contribution is -2.42. The lowest BCUT2D eigenvalue weighted by Gasteiger charge is -2.37. The Morgan fingerprint density at radius 1 is 1.25 bits per heavy atom. The molecular formula is C15H21NO3S. The van der Waals surface area contributed by atoms with Crippen molar-refractivity contribution in [3.63, 3.8) is 0 Å². The van der Waals surface area contributed by atoms with Gasteiger partial charge in [0.2, 0.25) is 0 Å². The maximum absolute atomic E-state index is 12.8. The van der Waals surface area contributed by atoms with Gasteiger partial charge in [0, 0.05) is 12.3 Å². The Kier molecular flexibility index (Phi) is 3.50. The van der Waals surface area contributed by atoms with Crippen LogP contribution < -0.4 is 5.73 Å². The van der Waals surface area contributed by atoms with E-state index in [1.807, 2.05) is 0 Å². The molecule has 1 atom stereocenters. The highest BCUT2D eigenvalue weighted by Crippen LogP contribution is 2.42. The molecule has 0 radical (unpaired) electrons. The number of sulfone groups is 1. The van der Waals surface area contributed by atoms with Crippen LogP contribution in [0.3, 0.4) is 0 Å². The normalized spacial score (nSPS) is 25.9. The smallest absolute Gasteiger partial charge is 0.181 e. The molecule has 1 unspecified atom stereocenters. The van der Waals surface area contributed by atoms with E-state index in [0.717, 1.165) is 25.7 Å². The van der Waals surface area contributed by atoms with Crippen molar-refractivity contribution < 1.29 is 13.2 Å². The summed E-state index contributed by atoms with van der Waals surface area (Å²) >= 11 is 0. The summed E-state index contributed by atoms with van der Waals surface area (Å²) in [6, 6.07) is 6.61. The molecule has 1 aliphatic carbocycles. The lowest BCUT2D eigenvalue weighted by atomic mass is 9.92. The van der Waals surface area contributed by atoms with Gasteiger partial charge in [-0.1, -0.05) is 18.9 Å². The van der Waals surface area contributed by atoms with Gasteiger partial charge in [-0.25, -0.2) is 8.42 Å². The standard InChI is InChI=1S/C15H21NO3S/c16-12-4-3-5-13(10-12)20(17,18)14-6-9-19-15(11-14)7-1-2-8-15/h3-5,10,14H,1-2,6-9,11,16H2. The second-order valence-electron chi connectivity index (χ2n) is 5.97. The van der Waals surface area contributed by atoms with E-state index in [0.29, 0.717) is 30.0 Å². The predicted molar refractivity (Wildman–Crippen MR) is 78.2 cm³/mol. The summed E-state index contributed by atoms with van der Waals surface area (Å²) in [5, 5.41) is -0.337. The minimum absolute atomic E-state index is 0.184. The van der Waals surface area contributed by atoms with Crippen molar-refractivity contribution in [3.8, 4) is 0 Å². The van der Waals surface area contributed by atoms with Crippen LogP contribution in [0.4, 0.5) is 5.69 Å². The van der Waals surface area contributed by atoms with Gasteiger partial charge in [-0.15, -0.1) is 0 Å². The van der Waals surface area contributed by atoms with Gasteiger partial charge in [0.1, 0.15) is 0 Å². The van der Waals surface area contributed by atoms with Gasteiger partial charge in [0.25, 0.3) is 0 Å². The summed E-state index contributed by atoms with van der Waals surface area (Å²) in [5.74, 6) is 0. The number of nitrogen functional groups attached to an aromatic ring is 1. The van der Waals surface area contributed by atoms with Crippen LogP contribution in [0.2, 0.25) is 0 Å². The predicted octanol–water partition coefficient (Wildman–Crippen LogP) is 2.53. The summed E-state index contributed by atoms with van der Waals surface area (Å²) in [6.07, 6.45) is 5.49. The second-order valence-corrected chi connectivity index (χ2v) is 8.20. The first kappa shape index (κ1) is 13.9. The molecule has 3 rings (SSSR count). The van der Waals surface area contributed by atoms with Crippen molar-refractivity contribution in [3.05, 3.63) is 24.3 Å². The summed E-state index contributed by atoms with van der Waals surface area (Å²) in [4.78, 5) is 0.345. The molecule has 1 heterocycles. The van der Waals surface area contributed by atoms with E-state index in [2.05, 4.69) is 0 Å². The zero-order valence-corrected chi connectivity index (χ0v) is 12.4. The molecule has 2 N–H and O–H groups in total. The van der Waals surface area contributed by atoms with E-state index in [1.165, 1.54) is 0 Å². The highest BCUT2D eigenvalue weighted by atomic mass is 32.2. The summed E-state index contributed by atoms with van der Waals surface area (Å²) in [5.41, 5.74) is 6.02. The average molecular weight is 295 g/mol. The molecule has 1 saturated heterocycles. The highest BCUT2D eigenvalue weighted by molar-refractivity contribution is 7.92. The molecule has 4 nitrogen and oxygen atoms in total. The number of hydrogen-bond donors (Lipinski definition) is 1. The minimum atomic E-state index is -3.31. The molecule has 1 aromatic rings. The van der Waals surface area contributed by atoms with Crippen molar-refractivity contribution >= 4 is 15.5 Å². The monoisotopic (exact) mass is 295 g/mol. The molecular weight excluding hydrogens is 274 g/mol. The first-order valence-corrected chi connectivity index (χ1v) is 8.80. The number of rotatable bonds is 2. The van der Waals surface area contributed by atoms with E-state index in [9.17, 15) is 8.42 Å². The summed E-state index contributed by atoms with van der Waals surface area (Å²) < 4.78 is 31.5. The minimum Gasteiger partial charge on any atom is -0.399 e. The Morgan fingerprint density at radius 2 is 2.00 bits per heavy atom. The average Bonchev–Trinajstić information content (AvgIpc) is 2.87. The quantitative estimate of drug-likeness (QED) is 0.851. The van der Waals surface area contributed by atoms with Crippen molar-refractivity contribution in [1.82, 2.24) is 0 Å². The number of hydrogen-bond acceptors (Lipinski definition) is 4. The van der Waals surface area contributed by atoms with Crippen LogP contribution in [0.5, 0.6) is 0 Å². The van der Waals surface area contributed by atoms with Gasteiger partial charge in [-0.2, -0.15) is 0 Å². The van der Waals surface area contributed by atoms with Gasteiger partial charge in [-0.3, -0.25) is 0 Å². The molecule has 0 aromatic heterocycles. The number of anilines is 1. The molecule has 2 fully saturated rings. The molecule has 110 valence electrons. The van der Waals surface area contributed by atoms with E-state index < -0.39 is 9.84 Å². The Balaban J connectivity index is 1.87. The molecule has 1 saturated carbocycles. The van der Waals surface area contributed by atoms with Crippen molar-refractivity contribution in [1.29, 1.82) is 0 Å². The SMILES string of the molecule is Nc1cccc(S(=O)(=O)C2CCOC3(CCCC3)C2)c1. The zero-order chi connectivity index (χ0) is 14.2. The molecule has 1 aliphatic heterocycles. The number of nitrogens with two attached hydrogens (primary N) is 1. The highest BCUT2D eigenvalue weighted by Gasteiger charge is 2.44. The second kappa shape index (κ2) is 5.04. The Morgan fingerprint density at radius 3 is 2.70 bits per heavy atom. The number of ether oxygens (including phenoxy) is 1. The molecule has 1 spiro atoms. The Bertz CT molecular complexity index is 591. The lowest BCUT2D eigenvalue weighted by molar-refractivity contribution is -0.0713. The largest absolute Gasteiger partial charge is 0.399 e. The van der Waals surface area contributed by atoms with Crippen LogP contribution in [0, 0.1) is 0 Å². The van der Waals surface area contributed by atoms with Gasteiger partial charge < -0.3 is 10.5 Å². The van der Waals surface area contributed by atoms with Crippen LogP contribution in [0.15, 0.2) is 29.2 Å². The van der Waals surface area contributed by atoms with Crippen molar-refractivity contribution in [2.75, 3.05) is 12.3 Å². The van der Waals surface area contributed by atoms with Gasteiger partial charge in [-0.05, 0) is 43.9 Å². The maximum atomic E-state index is 12.8. The van der Waals surface area contributed by atoms with Crippen LogP contribution in [0.25, 0.3) is 0 Å². The number of benzene rings is 1. The van der Waals surface area contributed by atoms with Crippen LogP contribution in [0.1, 0.15) is 38.5 Å². The van der Waals surface area contributed by atoms with Crippen LogP contribution >= 0.6 is 0 Å². The summed E-state index contributed by atoms with van der Waals surface area (Å²) in [6.45, 7) is 0.548. The fourth-order valence-electron chi connectivity index (χ4n) is 3.50. The first-order chi connectivity index (χ1) is 9.52. The Labute approximate surface area is 120 Å². The molecule has 2 aliphatic rings. The van der Waals surface area contributed by atoms with Gasteiger partial charge in [0.05, 0.1) is 15.7 Å². The van der Waals surface area contributed by atoms with Crippen molar-refractivity contribution in [2.24, 2.45) is 0 Å². The molecule has 5 heteroatoms. The third kappa shape index (κ3) is 2.44. The molecule has 0 bridgehead atoms. The fourth-order valence-corrected chi connectivity index (χ4v) is 5.38.